The van der Waals surface area contributed by atoms with Crippen LogP contribution in [0.1, 0.15) is 34.1 Å². The van der Waals surface area contributed by atoms with E-state index in [0.29, 0.717) is 0 Å². The molecule has 0 aliphatic carbocycles. The summed E-state index contributed by atoms with van der Waals surface area (Å²) in [7, 11) is 1.35. The Labute approximate surface area is 78.9 Å². The van der Waals surface area contributed by atoms with Crippen LogP contribution in [-0.4, -0.2) is 29.6 Å². The van der Waals surface area contributed by atoms with Gasteiger partial charge >= 0.3 is 5.97 Å². The molecule has 0 amide bonds. The Morgan fingerprint density at radius 2 is 1.62 bits per heavy atom. The van der Waals surface area contributed by atoms with E-state index in [1.54, 1.807) is 13.8 Å². The van der Waals surface area contributed by atoms with Crippen molar-refractivity contribution in [2.24, 2.45) is 0 Å². The Balaban J connectivity index is 0. The van der Waals surface area contributed by atoms with E-state index < -0.39 is 5.60 Å². The summed E-state index contributed by atoms with van der Waals surface area (Å²) in [6.45, 7) is 6.07. The second kappa shape index (κ2) is 6.60. The molecule has 0 heterocycles. The van der Waals surface area contributed by atoms with Crippen LogP contribution in [-0.2, 0) is 14.3 Å². The van der Waals surface area contributed by atoms with Crippen LogP contribution in [0, 0.1) is 0 Å². The summed E-state index contributed by atoms with van der Waals surface area (Å²) in [5, 5.41) is 8.97. The second-order valence-corrected chi connectivity index (χ2v) is 3.39. The van der Waals surface area contributed by atoms with Crippen LogP contribution in [0.15, 0.2) is 0 Å². The molecule has 0 aromatic carbocycles. The molecular formula is C9H18O4. The Kier molecular flexibility index (Phi) is 7.42. The van der Waals surface area contributed by atoms with Gasteiger partial charge in [0, 0.05) is 13.3 Å². The number of hydrogen-bond acceptors (Lipinski definition) is 4. The van der Waals surface area contributed by atoms with Gasteiger partial charge in [0.2, 0.25) is 0 Å². The molecule has 0 aromatic rings. The molecule has 0 radical (unpaired) electrons. The highest BCUT2D eigenvalue weighted by Gasteiger charge is 2.13. The van der Waals surface area contributed by atoms with E-state index in [2.05, 4.69) is 4.74 Å². The molecule has 0 aliphatic heterocycles. The zero-order valence-electron chi connectivity index (χ0n) is 8.88. The van der Waals surface area contributed by atoms with Crippen molar-refractivity contribution in [2.75, 3.05) is 7.11 Å². The first-order valence-corrected chi connectivity index (χ1v) is 3.95. The summed E-state index contributed by atoms with van der Waals surface area (Å²) in [5.74, 6) is -0.220. The number of rotatable bonds is 2. The fourth-order valence-electron chi connectivity index (χ4n) is 0.609. The highest BCUT2D eigenvalue weighted by Crippen LogP contribution is 2.06. The first-order valence-electron chi connectivity index (χ1n) is 3.95. The maximum atomic E-state index is 10.3. The summed E-state index contributed by atoms with van der Waals surface area (Å²) in [5.41, 5.74) is -0.828. The number of ether oxygens (including phenoxy) is 1. The average molecular weight is 190 g/mol. The number of aliphatic hydroxyl groups is 1. The van der Waals surface area contributed by atoms with Crippen molar-refractivity contribution in [3.05, 3.63) is 0 Å². The number of esters is 1. The quantitative estimate of drug-likeness (QED) is 0.657. The van der Waals surface area contributed by atoms with E-state index >= 15 is 0 Å². The molecule has 78 valence electrons. The Bertz CT molecular complexity index is 167. The van der Waals surface area contributed by atoms with E-state index in [9.17, 15) is 9.59 Å². The number of Topliss-reactive ketones (excluding diaryl/α,β-unsaturated/α-hetero) is 1. The molecular weight excluding hydrogens is 172 g/mol. The molecule has 0 aliphatic rings. The normalized spacial score (nSPS) is 9.69. The fraction of sp³-hybridized carbons (Fsp3) is 0.778. The zero-order chi connectivity index (χ0) is 11.1. The van der Waals surface area contributed by atoms with Crippen LogP contribution < -0.4 is 0 Å². The molecule has 13 heavy (non-hydrogen) atoms. The second-order valence-electron chi connectivity index (χ2n) is 3.39. The molecule has 4 nitrogen and oxygen atoms in total. The van der Waals surface area contributed by atoms with Gasteiger partial charge in [-0.05, 0) is 20.8 Å². The fourth-order valence-corrected chi connectivity index (χ4v) is 0.609. The Morgan fingerprint density at radius 1 is 1.31 bits per heavy atom. The smallest absolute Gasteiger partial charge is 0.302 e. The molecule has 0 bridgehead atoms. The summed E-state index contributed by atoms with van der Waals surface area (Å²) in [6.07, 6.45) is 0.243. The number of carbonyl (C=O) groups excluding carboxylic acids is 2. The minimum absolute atomic E-state index is 0.0255. The van der Waals surface area contributed by atoms with Gasteiger partial charge in [-0.25, -0.2) is 0 Å². The molecule has 0 fully saturated rings. The van der Waals surface area contributed by atoms with E-state index in [4.69, 9.17) is 5.11 Å². The van der Waals surface area contributed by atoms with Crippen LogP contribution in [0.5, 0.6) is 0 Å². The van der Waals surface area contributed by atoms with Gasteiger partial charge < -0.3 is 9.84 Å². The third-order valence-electron chi connectivity index (χ3n) is 0.969. The first kappa shape index (κ1) is 14.6. The highest BCUT2D eigenvalue weighted by atomic mass is 16.5. The van der Waals surface area contributed by atoms with Crippen LogP contribution in [0.4, 0.5) is 0 Å². The van der Waals surface area contributed by atoms with Crippen molar-refractivity contribution >= 4 is 11.8 Å². The van der Waals surface area contributed by atoms with Crippen LogP contribution in [0.25, 0.3) is 0 Å². The molecule has 0 atom stereocenters. The molecule has 1 N–H and O–H groups in total. The number of hydrogen-bond donors (Lipinski definition) is 1. The van der Waals surface area contributed by atoms with Crippen molar-refractivity contribution in [2.45, 2.75) is 39.7 Å². The summed E-state index contributed by atoms with van der Waals surface area (Å²) in [6, 6.07) is 0. The molecule has 0 spiro atoms. The molecule has 0 aromatic heterocycles. The van der Waals surface area contributed by atoms with Crippen LogP contribution in [0.3, 0.4) is 0 Å². The largest absolute Gasteiger partial charge is 0.469 e. The standard InChI is InChI=1S/C6H12O2.C3H6O2/c1-5(7)4-6(2,3)8;1-3(4)5-2/h8H,4H2,1-3H3;1-2H3. The van der Waals surface area contributed by atoms with Gasteiger partial charge in [0.15, 0.2) is 0 Å². The van der Waals surface area contributed by atoms with E-state index in [0.717, 1.165) is 0 Å². The lowest BCUT2D eigenvalue weighted by molar-refractivity contribution is -0.138. The van der Waals surface area contributed by atoms with Gasteiger partial charge in [-0.3, -0.25) is 9.59 Å². The lowest BCUT2D eigenvalue weighted by atomic mass is 10.0. The zero-order valence-corrected chi connectivity index (χ0v) is 8.88. The van der Waals surface area contributed by atoms with Gasteiger partial charge in [0.05, 0.1) is 12.7 Å². The molecule has 0 saturated carbocycles. The van der Waals surface area contributed by atoms with Gasteiger partial charge in [0.1, 0.15) is 5.78 Å². The number of ketones is 1. The van der Waals surface area contributed by atoms with Crippen molar-refractivity contribution in [3.63, 3.8) is 0 Å². The maximum absolute atomic E-state index is 10.3. The third-order valence-corrected chi connectivity index (χ3v) is 0.969. The summed E-state index contributed by atoms with van der Waals surface area (Å²) in [4.78, 5) is 19.9. The Hall–Kier alpha value is -0.900. The van der Waals surface area contributed by atoms with Crippen molar-refractivity contribution < 1.29 is 19.4 Å². The summed E-state index contributed by atoms with van der Waals surface area (Å²) >= 11 is 0. The van der Waals surface area contributed by atoms with Gasteiger partial charge in [-0.2, -0.15) is 0 Å². The van der Waals surface area contributed by atoms with E-state index in [1.165, 1.54) is 21.0 Å². The molecule has 4 heteroatoms. The lowest BCUT2D eigenvalue weighted by Gasteiger charge is -2.13. The lowest BCUT2D eigenvalue weighted by Crippen LogP contribution is -2.21. The average Bonchev–Trinajstić information content (AvgIpc) is 1.83. The summed E-state index contributed by atoms with van der Waals surface area (Å²) < 4.78 is 4.11. The predicted molar refractivity (Wildman–Crippen MR) is 49.3 cm³/mol. The van der Waals surface area contributed by atoms with Crippen LogP contribution in [0.2, 0.25) is 0 Å². The number of carbonyl (C=O) groups is 2. The minimum atomic E-state index is -0.828. The van der Waals surface area contributed by atoms with E-state index in [1.807, 2.05) is 0 Å². The Morgan fingerprint density at radius 3 is 1.62 bits per heavy atom. The SMILES string of the molecule is CC(=O)CC(C)(C)O.COC(C)=O. The number of methoxy groups -OCH3 is 1. The van der Waals surface area contributed by atoms with Crippen molar-refractivity contribution in [3.8, 4) is 0 Å². The topological polar surface area (TPSA) is 63.6 Å². The van der Waals surface area contributed by atoms with Gasteiger partial charge in [-0.1, -0.05) is 0 Å². The van der Waals surface area contributed by atoms with E-state index in [-0.39, 0.29) is 18.2 Å². The molecule has 0 saturated heterocycles. The third kappa shape index (κ3) is 24.7. The van der Waals surface area contributed by atoms with Crippen molar-refractivity contribution in [1.29, 1.82) is 0 Å². The highest BCUT2D eigenvalue weighted by molar-refractivity contribution is 5.76. The monoisotopic (exact) mass is 190 g/mol. The minimum Gasteiger partial charge on any atom is -0.469 e. The van der Waals surface area contributed by atoms with Crippen LogP contribution >= 0.6 is 0 Å². The first-order chi connectivity index (χ1) is 5.69. The molecule has 0 unspecified atom stereocenters. The van der Waals surface area contributed by atoms with Gasteiger partial charge in [0.25, 0.3) is 0 Å². The van der Waals surface area contributed by atoms with Crippen molar-refractivity contribution in [1.82, 2.24) is 0 Å². The van der Waals surface area contributed by atoms with Gasteiger partial charge in [-0.15, -0.1) is 0 Å². The predicted octanol–water partition coefficient (Wildman–Crippen LogP) is 0.916. The maximum Gasteiger partial charge on any atom is 0.302 e. The molecule has 0 rings (SSSR count).